The number of aryl methyl sites for hydroxylation is 2. The van der Waals surface area contributed by atoms with Gasteiger partial charge < -0.3 is 9.84 Å². The van der Waals surface area contributed by atoms with Gasteiger partial charge in [0.05, 0.1) is 6.61 Å². The number of ketones is 1. The summed E-state index contributed by atoms with van der Waals surface area (Å²) in [6.45, 7) is 14.4. The Hall–Kier alpha value is -2.55. The molecule has 150 valence electrons. The van der Waals surface area contributed by atoms with Crippen molar-refractivity contribution >= 4 is 11.4 Å². The molecule has 0 aliphatic rings. The van der Waals surface area contributed by atoms with E-state index in [1.54, 1.807) is 6.07 Å². The Labute approximate surface area is 169 Å². The molecule has 0 aliphatic carbocycles. The maximum atomic E-state index is 12.8. The molecule has 0 aromatic heterocycles. The molecule has 0 aliphatic heterocycles. The molecule has 3 heteroatoms. The fourth-order valence-corrected chi connectivity index (χ4v) is 3.09. The van der Waals surface area contributed by atoms with Crippen LogP contribution in [-0.2, 0) is 11.2 Å². The average Bonchev–Trinajstić information content (AvgIpc) is 2.62. The molecule has 0 fully saturated rings. The monoisotopic (exact) mass is 380 g/mol. The summed E-state index contributed by atoms with van der Waals surface area (Å²) in [4.78, 5) is 12.8. The van der Waals surface area contributed by atoms with Gasteiger partial charge in [-0.1, -0.05) is 50.3 Å². The van der Waals surface area contributed by atoms with Gasteiger partial charge >= 0.3 is 0 Å². The quantitative estimate of drug-likeness (QED) is 0.540. The zero-order valence-electron chi connectivity index (χ0n) is 17.8. The number of ether oxygens (including phenoxy) is 1. The number of rotatable bonds is 9. The van der Waals surface area contributed by atoms with Crippen LogP contribution in [0, 0.1) is 19.3 Å². The zero-order valence-corrected chi connectivity index (χ0v) is 17.8. The summed E-state index contributed by atoms with van der Waals surface area (Å²) < 4.78 is 5.91. The van der Waals surface area contributed by atoms with Crippen LogP contribution in [0.1, 0.15) is 55.9 Å². The van der Waals surface area contributed by atoms with E-state index in [0.29, 0.717) is 12.2 Å². The van der Waals surface area contributed by atoms with Crippen LogP contribution in [-0.4, -0.2) is 17.5 Å². The number of hydrogen-bond acceptors (Lipinski definition) is 3. The van der Waals surface area contributed by atoms with Crippen molar-refractivity contribution in [2.24, 2.45) is 5.41 Å². The van der Waals surface area contributed by atoms with E-state index in [9.17, 15) is 9.90 Å². The summed E-state index contributed by atoms with van der Waals surface area (Å²) >= 11 is 0. The molecule has 0 atom stereocenters. The van der Waals surface area contributed by atoms with Gasteiger partial charge in [0.2, 0.25) is 0 Å². The lowest BCUT2D eigenvalue weighted by Gasteiger charge is -2.23. The lowest BCUT2D eigenvalue weighted by Crippen LogP contribution is -2.26. The van der Waals surface area contributed by atoms with Crippen LogP contribution in [0.5, 0.6) is 11.5 Å². The molecule has 2 aromatic rings. The third-order valence-electron chi connectivity index (χ3n) is 5.23. The van der Waals surface area contributed by atoms with Crippen LogP contribution < -0.4 is 4.74 Å². The minimum absolute atomic E-state index is 0.123. The minimum atomic E-state index is -0.468. The first-order valence-electron chi connectivity index (χ1n) is 9.81. The highest BCUT2D eigenvalue weighted by molar-refractivity contribution is 5.86. The Morgan fingerprint density at radius 1 is 1.14 bits per heavy atom. The number of allylic oxidation sites excluding steroid dienone is 1. The predicted molar refractivity (Wildman–Crippen MR) is 116 cm³/mol. The standard InChI is InChI=1S/C25H32O3/c1-17(2)20-10-11-21(22(26)15-20)16-24(27)25(5,6)12-7-13-28-23-14-18(3)8-9-19(23)4/h8-11,14-15,26H,1,7,12-13,16H2,2-6H3. The van der Waals surface area contributed by atoms with Gasteiger partial charge in [-0.15, -0.1) is 0 Å². The molecule has 0 radical (unpaired) electrons. The van der Waals surface area contributed by atoms with Gasteiger partial charge in [0.15, 0.2) is 0 Å². The van der Waals surface area contributed by atoms with Crippen LogP contribution in [0.15, 0.2) is 43.0 Å². The topological polar surface area (TPSA) is 46.5 Å². The normalized spacial score (nSPS) is 11.3. The molecule has 0 spiro atoms. The summed E-state index contributed by atoms with van der Waals surface area (Å²) in [5.41, 5.74) is 4.26. The Kier molecular flexibility index (Phi) is 7.06. The highest BCUT2D eigenvalue weighted by Crippen LogP contribution is 2.29. The summed E-state index contributed by atoms with van der Waals surface area (Å²) in [6.07, 6.45) is 1.77. The van der Waals surface area contributed by atoms with E-state index in [1.807, 2.05) is 52.8 Å². The first-order chi connectivity index (χ1) is 13.1. The minimum Gasteiger partial charge on any atom is -0.508 e. The fraction of sp³-hybridized carbons (Fsp3) is 0.400. The molecule has 0 saturated heterocycles. The van der Waals surface area contributed by atoms with Gasteiger partial charge in [-0.25, -0.2) is 0 Å². The van der Waals surface area contributed by atoms with Crippen LogP contribution in [0.4, 0.5) is 0 Å². The molecule has 2 aromatic carbocycles. The van der Waals surface area contributed by atoms with Crippen molar-refractivity contribution < 1.29 is 14.6 Å². The second kappa shape index (κ2) is 9.09. The van der Waals surface area contributed by atoms with Crippen LogP contribution >= 0.6 is 0 Å². The highest BCUT2D eigenvalue weighted by Gasteiger charge is 2.27. The first-order valence-corrected chi connectivity index (χ1v) is 9.81. The molecule has 0 heterocycles. The second-order valence-electron chi connectivity index (χ2n) is 8.33. The van der Waals surface area contributed by atoms with Crippen LogP contribution in [0.25, 0.3) is 5.57 Å². The molecular formula is C25H32O3. The Morgan fingerprint density at radius 3 is 2.50 bits per heavy atom. The lowest BCUT2D eigenvalue weighted by molar-refractivity contribution is -0.126. The molecule has 0 bridgehead atoms. The van der Waals surface area contributed by atoms with Crippen molar-refractivity contribution in [3.8, 4) is 11.5 Å². The van der Waals surface area contributed by atoms with Crippen molar-refractivity contribution in [2.75, 3.05) is 6.61 Å². The number of phenolic OH excluding ortho intramolecular Hbond substituents is 1. The molecule has 28 heavy (non-hydrogen) atoms. The maximum Gasteiger partial charge on any atom is 0.142 e. The van der Waals surface area contributed by atoms with Crippen molar-refractivity contribution in [3.63, 3.8) is 0 Å². The molecular weight excluding hydrogens is 348 g/mol. The number of benzene rings is 2. The first kappa shape index (κ1) is 21.7. The molecule has 3 nitrogen and oxygen atoms in total. The molecule has 0 amide bonds. The largest absolute Gasteiger partial charge is 0.508 e. The number of carbonyl (C=O) groups excluding carboxylic acids is 1. The van der Waals surface area contributed by atoms with Gasteiger partial charge in [0.25, 0.3) is 0 Å². The van der Waals surface area contributed by atoms with Gasteiger partial charge in [-0.05, 0) is 62.4 Å². The second-order valence-corrected chi connectivity index (χ2v) is 8.33. The molecule has 0 unspecified atom stereocenters. The Balaban J connectivity index is 1.90. The number of aromatic hydroxyl groups is 1. The Bertz CT molecular complexity index is 862. The van der Waals surface area contributed by atoms with Crippen molar-refractivity contribution in [1.82, 2.24) is 0 Å². The number of hydrogen-bond donors (Lipinski definition) is 1. The van der Waals surface area contributed by atoms with E-state index in [1.165, 1.54) is 5.56 Å². The third-order valence-corrected chi connectivity index (χ3v) is 5.23. The van der Waals surface area contributed by atoms with E-state index in [0.717, 1.165) is 35.3 Å². The summed E-state index contributed by atoms with van der Waals surface area (Å²) in [6, 6.07) is 11.6. The average molecular weight is 381 g/mol. The highest BCUT2D eigenvalue weighted by atomic mass is 16.5. The van der Waals surface area contributed by atoms with Crippen molar-refractivity contribution in [2.45, 2.75) is 53.9 Å². The summed E-state index contributed by atoms with van der Waals surface area (Å²) in [7, 11) is 0. The third kappa shape index (κ3) is 5.72. The molecule has 0 saturated carbocycles. The van der Waals surface area contributed by atoms with E-state index >= 15 is 0 Å². The molecule has 1 N–H and O–H groups in total. The van der Waals surface area contributed by atoms with Crippen LogP contribution in [0.3, 0.4) is 0 Å². The van der Waals surface area contributed by atoms with E-state index in [4.69, 9.17) is 4.74 Å². The maximum absolute atomic E-state index is 12.8. The predicted octanol–water partition coefficient (Wildman–Crippen LogP) is 6.04. The zero-order chi connectivity index (χ0) is 20.9. The summed E-state index contributed by atoms with van der Waals surface area (Å²) in [5.74, 6) is 1.19. The number of phenols is 1. The van der Waals surface area contributed by atoms with Gasteiger partial charge in [0, 0.05) is 17.4 Å². The number of Topliss-reactive ketones (excluding diaryl/α,β-unsaturated/α-hetero) is 1. The van der Waals surface area contributed by atoms with E-state index in [-0.39, 0.29) is 18.0 Å². The van der Waals surface area contributed by atoms with Gasteiger partial charge in [-0.2, -0.15) is 0 Å². The fourth-order valence-electron chi connectivity index (χ4n) is 3.09. The van der Waals surface area contributed by atoms with Crippen molar-refractivity contribution in [1.29, 1.82) is 0 Å². The number of carbonyl (C=O) groups is 1. The Morgan fingerprint density at radius 2 is 1.86 bits per heavy atom. The smallest absolute Gasteiger partial charge is 0.142 e. The van der Waals surface area contributed by atoms with Crippen molar-refractivity contribution in [3.05, 3.63) is 65.2 Å². The van der Waals surface area contributed by atoms with E-state index < -0.39 is 5.41 Å². The molecule has 2 rings (SSSR count). The van der Waals surface area contributed by atoms with E-state index in [2.05, 4.69) is 18.7 Å². The van der Waals surface area contributed by atoms with Gasteiger partial charge in [-0.3, -0.25) is 4.79 Å². The lowest BCUT2D eigenvalue weighted by atomic mass is 9.80. The summed E-state index contributed by atoms with van der Waals surface area (Å²) in [5, 5.41) is 10.2. The SMILES string of the molecule is C=C(C)c1ccc(CC(=O)C(C)(C)CCCOc2cc(C)ccc2C)c(O)c1. The van der Waals surface area contributed by atoms with Gasteiger partial charge in [0.1, 0.15) is 17.3 Å². The van der Waals surface area contributed by atoms with Crippen LogP contribution in [0.2, 0.25) is 0 Å².